The molecule has 1 saturated heterocycles. The van der Waals surface area contributed by atoms with E-state index in [9.17, 15) is 8.42 Å². The molecule has 1 fully saturated rings. The van der Waals surface area contributed by atoms with Gasteiger partial charge in [0.15, 0.2) is 0 Å². The van der Waals surface area contributed by atoms with Gasteiger partial charge in [-0.15, -0.1) is 0 Å². The molecule has 2 aliphatic heterocycles. The van der Waals surface area contributed by atoms with Gasteiger partial charge in [0.2, 0.25) is 10.0 Å². The first-order valence-corrected chi connectivity index (χ1v) is 10.5. The fraction of sp³-hybridized carbons (Fsp3) is 0.833. The summed E-state index contributed by atoms with van der Waals surface area (Å²) in [5.41, 5.74) is 2.62. The van der Waals surface area contributed by atoms with Crippen LogP contribution in [0.1, 0.15) is 61.8 Å². The highest BCUT2D eigenvalue weighted by atomic mass is 32.2. The van der Waals surface area contributed by atoms with E-state index in [1.807, 2.05) is 0 Å². The van der Waals surface area contributed by atoms with E-state index in [1.54, 1.807) is 13.8 Å². The van der Waals surface area contributed by atoms with Gasteiger partial charge in [-0.2, -0.15) is 0 Å². The molecule has 0 aromatic heterocycles. The van der Waals surface area contributed by atoms with Crippen LogP contribution >= 0.6 is 0 Å². The Hall–Kier alpha value is -0.880. The van der Waals surface area contributed by atoms with Crippen molar-refractivity contribution in [3.63, 3.8) is 0 Å². The summed E-state index contributed by atoms with van der Waals surface area (Å²) in [5.74, 6) is 1.40. The van der Waals surface area contributed by atoms with Gasteiger partial charge in [-0.3, -0.25) is 4.99 Å². The SMILES string of the molecule is CC(C)C1=N[C@@H](C)C(C(C)(C)C)=C2C[C@H](NS(=O)(=O)C(C)C)CN12. The molecule has 0 bridgehead atoms. The van der Waals surface area contributed by atoms with Crippen molar-refractivity contribution in [1.82, 2.24) is 9.62 Å². The first kappa shape index (κ1) is 19.4. The minimum absolute atomic E-state index is 0.0187. The number of hydrogen-bond acceptors (Lipinski definition) is 4. The second-order valence-electron chi connectivity index (χ2n) is 8.65. The highest BCUT2D eigenvalue weighted by Crippen LogP contribution is 2.41. The van der Waals surface area contributed by atoms with Crippen molar-refractivity contribution in [3.8, 4) is 0 Å². The second-order valence-corrected chi connectivity index (χ2v) is 10.9. The lowest BCUT2D eigenvalue weighted by Gasteiger charge is -2.38. The van der Waals surface area contributed by atoms with Crippen LogP contribution in [-0.2, 0) is 10.0 Å². The molecule has 0 unspecified atom stereocenters. The number of nitrogens with zero attached hydrogens (tertiary/aromatic N) is 2. The minimum Gasteiger partial charge on any atom is -0.332 e. The quantitative estimate of drug-likeness (QED) is 0.843. The zero-order valence-corrected chi connectivity index (χ0v) is 17.2. The Kier molecular flexibility index (Phi) is 5.22. The lowest BCUT2D eigenvalue weighted by Crippen LogP contribution is -2.43. The first-order chi connectivity index (χ1) is 10.8. The summed E-state index contributed by atoms with van der Waals surface area (Å²) in [4.78, 5) is 7.21. The minimum atomic E-state index is -3.27. The molecule has 2 aliphatic rings. The topological polar surface area (TPSA) is 61.8 Å². The number of nitrogens with one attached hydrogen (secondary N) is 1. The molecule has 2 rings (SSSR count). The van der Waals surface area contributed by atoms with Crippen molar-refractivity contribution in [2.24, 2.45) is 16.3 Å². The number of amidine groups is 1. The average Bonchev–Trinajstić information content (AvgIpc) is 2.77. The van der Waals surface area contributed by atoms with Gasteiger partial charge in [-0.05, 0) is 31.8 Å². The predicted molar refractivity (Wildman–Crippen MR) is 101 cm³/mol. The van der Waals surface area contributed by atoms with Crippen molar-refractivity contribution in [1.29, 1.82) is 0 Å². The molecular weight excluding hydrogens is 322 g/mol. The van der Waals surface area contributed by atoms with Crippen LogP contribution in [0.15, 0.2) is 16.3 Å². The van der Waals surface area contributed by atoms with Gasteiger partial charge in [0.05, 0.1) is 11.3 Å². The summed E-state index contributed by atoms with van der Waals surface area (Å²) in [6.07, 6.45) is 0.745. The van der Waals surface area contributed by atoms with E-state index in [4.69, 9.17) is 4.99 Å². The van der Waals surface area contributed by atoms with Gasteiger partial charge in [0.25, 0.3) is 0 Å². The highest BCUT2D eigenvalue weighted by molar-refractivity contribution is 7.90. The zero-order valence-electron chi connectivity index (χ0n) is 16.3. The Morgan fingerprint density at radius 3 is 2.25 bits per heavy atom. The van der Waals surface area contributed by atoms with Crippen molar-refractivity contribution in [3.05, 3.63) is 11.3 Å². The standard InChI is InChI=1S/C18H33N3O2S/c1-11(2)17-19-13(5)16(18(6,7)8)15-9-14(10-21(15)17)20-24(22,23)12(3)4/h11-14,20H,9-10H2,1-8H3/t13-,14-/m0/s1. The van der Waals surface area contributed by atoms with E-state index in [1.165, 1.54) is 11.3 Å². The average molecular weight is 356 g/mol. The van der Waals surface area contributed by atoms with Gasteiger partial charge in [-0.1, -0.05) is 34.6 Å². The lowest BCUT2D eigenvalue weighted by molar-refractivity contribution is 0.415. The maximum absolute atomic E-state index is 12.3. The molecule has 0 spiro atoms. The molecule has 6 heteroatoms. The molecule has 138 valence electrons. The predicted octanol–water partition coefficient (Wildman–Crippen LogP) is 3.15. The fourth-order valence-electron chi connectivity index (χ4n) is 3.77. The number of rotatable bonds is 4. The van der Waals surface area contributed by atoms with E-state index in [-0.39, 0.29) is 17.5 Å². The number of hydrogen-bond donors (Lipinski definition) is 1. The van der Waals surface area contributed by atoms with Crippen LogP contribution in [-0.4, -0.2) is 43.0 Å². The van der Waals surface area contributed by atoms with Gasteiger partial charge >= 0.3 is 0 Å². The molecule has 0 aliphatic carbocycles. The maximum Gasteiger partial charge on any atom is 0.214 e. The van der Waals surface area contributed by atoms with E-state index >= 15 is 0 Å². The number of sulfonamides is 1. The van der Waals surface area contributed by atoms with E-state index in [0.29, 0.717) is 12.5 Å². The molecule has 0 saturated carbocycles. The summed E-state index contributed by atoms with van der Waals surface area (Å²) >= 11 is 0. The molecule has 0 amide bonds. The van der Waals surface area contributed by atoms with E-state index in [0.717, 1.165) is 12.3 Å². The Bertz CT molecular complexity index is 654. The van der Waals surface area contributed by atoms with Gasteiger partial charge < -0.3 is 4.90 Å². The Labute approximate surface area is 147 Å². The Balaban J connectivity index is 2.40. The molecule has 0 aromatic carbocycles. The molecule has 2 atom stereocenters. The first-order valence-electron chi connectivity index (χ1n) is 8.94. The third-order valence-electron chi connectivity index (χ3n) is 4.78. The van der Waals surface area contributed by atoms with Crippen molar-refractivity contribution in [2.75, 3.05) is 6.54 Å². The molecule has 0 radical (unpaired) electrons. The molecule has 1 N–H and O–H groups in total. The third kappa shape index (κ3) is 3.69. The van der Waals surface area contributed by atoms with Crippen LogP contribution in [0.3, 0.4) is 0 Å². The molecular formula is C18H33N3O2S. The summed E-state index contributed by atoms with van der Waals surface area (Å²) in [6.45, 7) is 17.2. The van der Waals surface area contributed by atoms with Crippen LogP contribution in [0.5, 0.6) is 0 Å². The number of fused-ring (bicyclic) bond motifs is 1. The molecule has 2 heterocycles. The van der Waals surface area contributed by atoms with Gasteiger partial charge in [-0.25, -0.2) is 13.1 Å². The number of aliphatic imine (C=N–C) groups is 1. The third-order valence-corrected chi connectivity index (χ3v) is 6.68. The monoisotopic (exact) mass is 355 g/mol. The Morgan fingerprint density at radius 1 is 1.21 bits per heavy atom. The molecule has 0 aromatic rings. The summed E-state index contributed by atoms with van der Waals surface area (Å²) < 4.78 is 27.4. The van der Waals surface area contributed by atoms with Crippen molar-refractivity contribution >= 4 is 15.9 Å². The Morgan fingerprint density at radius 2 is 1.79 bits per heavy atom. The second kappa shape index (κ2) is 6.45. The van der Waals surface area contributed by atoms with Crippen LogP contribution in [0.4, 0.5) is 0 Å². The maximum atomic E-state index is 12.3. The van der Waals surface area contributed by atoms with Crippen molar-refractivity contribution in [2.45, 2.75) is 79.1 Å². The normalized spacial score (nSPS) is 25.6. The lowest BCUT2D eigenvalue weighted by atomic mass is 9.79. The summed E-state index contributed by atoms with van der Waals surface area (Å²) in [6, 6.07) is 0.0631. The highest BCUT2D eigenvalue weighted by Gasteiger charge is 2.41. The fourth-order valence-corrected chi connectivity index (χ4v) is 4.66. The van der Waals surface area contributed by atoms with Gasteiger partial charge in [0, 0.05) is 30.6 Å². The van der Waals surface area contributed by atoms with Crippen LogP contribution in [0, 0.1) is 11.3 Å². The molecule has 5 nitrogen and oxygen atoms in total. The van der Waals surface area contributed by atoms with Crippen LogP contribution < -0.4 is 4.72 Å². The van der Waals surface area contributed by atoms with Crippen molar-refractivity contribution < 1.29 is 8.42 Å². The van der Waals surface area contributed by atoms with Gasteiger partial charge in [0.1, 0.15) is 5.84 Å². The largest absolute Gasteiger partial charge is 0.332 e. The smallest absolute Gasteiger partial charge is 0.214 e. The van der Waals surface area contributed by atoms with E-state index < -0.39 is 15.3 Å². The summed E-state index contributed by atoms with van der Waals surface area (Å²) in [5, 5.41) is -0.414. The molecule has 24 heavy (non-hydrogen) atoms. The summed E-state index contributed by atoms with van der Waals surface area (Å²) in [7, 11) is -3.27. The van der Waals surface area contributed by atoms with E-state index in [2.05, 4.69) is 51.2 Å². The van der Waals surface area contributed by atoms with Crippen LogP contribution in [0.2, 0.25) is 0 Å². The zero-order chi connectivity index (χ0) is 18.4. The van der Waals surface area contributed by atoms with Crippen LogP contribution in [0.25, 0.3) is 0 Å².